The lowest BCUT2D eigenvalue weighted by atomic mass is 10.2. The number of aromatic nitrogens is 3. The molecule has 1 fully saturated rings. The first-order valence-corrected chi connectivity index (χ1v) is 14.5. The van der Waals surface area contributed by atoms with Crippen molar-refractivity contribution in [2.45, 2.75) is 6.42 Å². The van der Waals surface area contributed by atoms with Crippen LogP contribution in [0.3, 0.4) is 0 Å². The smallest absolute Gasteiger partial charge is 0.241 e. The van der Waals surface area contributed by atoms with Crippen molar-refractivity contribution in [1.29, 1.82) is 0 Å². The van der Waals surface area contributed by atoms with Crippen LogP contribution in [0.5, 0.6) is 17.2 Å². The highest BCUT2D eigenvalue weighted by atomic mass is 32.1. The maximum absolute atomic E-state index is 15.6. The van der Waals surface area contributed by atoms with Crippen LogP contribution in [-0.2, 0) is 14.3 Å². The average molecular weight is 615 g/mol. The van der Waals surface area contributed by atoms with Crippen molar-refractivity contribution in [1.82, 2.24) is 15.0 Å². The highest BCUT2D eigenvalue weighted by Crippen LogP contribution is 2.41. The Hall–Kier alpha value is -5.14. The lowest BCUT2D eigenvalue weighted by Crippen LogP contribution is -2.37. The van der Waals surface area contributed by atoms with E-state index in [1.807, 2.05) is 6.07 Å². The second-order valence-corrected chi connectivity index (χ2v) is 10.8. The van der Waals surface area contributed by atoms with Gasteiger partial charge in [-0.2, -0.15) is 0 Å². The van der Waals surface area contributed by atoms with Crippen LogP contribution >= 0.6 is 11.3 Å². The molecular formula is C31H27FN6O5S. The van der Waals surface area contributed by atoms with Crippen molar-refractivity contribution in [2.75, 3.05) is 43.2 Å². The van der Waals surface area contributed by atoms with Gasteiger partial charge in [-0.3, -0.25) is 19.5 Å². The molecule has 2 N–H and O–H groups in total. The number of anilines is 3. The number of rotatable bonds is 9. The predicted octanol–water partition coefficient (Wildman–Crippen LogP) is 5.07. The number of amides is 2. The third kappa shape index (κ3) is 6.00. The summed E-state index contributed by atoms with van der Waals surface area (Å²) in [6, 6.07) is 14.4. The molecule has 2 aromatic carbocycles. The Morgan fingerprint density at radius 2 is 1.80 bits per heavy atom. The zero-order valence-electron chi connectivity index (χ0n) is 23.6. The van der Waals surface area contributed by atoms with E-state index >= 15 is 4.39 Å². The molecule has 0 spiro atoms. The molecule has 2 amide bonds. The molecule has 4 heterocycles. The number of hydrogen-bond acceptors (Lipinski definition) is 10. The van der Waals surface area contributed by atoms with Crippen LogP contribution in [0.15, 0.2) is 73.2 Å². The zero-order valence-corrected chi connectivity index (χ0v) is 24.4. The lowest BCUT2D eigenvalue weighted by Gasteiger charge is -2.26. The number of methoxy groups -OCH3 is 1. The standard InChI is InChI=1S/C31H27FN6O5S/c1-41-25-5-3-2-4-23(25)38(29(40)16-28(33)39)20-6-7-24(21(32)14-20)43-26-8-9-34-22-15-27(44-30(22)26)19-17-35-31(36-18-19)37-10-12-42-13-11-37/h2-9,14-15,17-18H,10-13,16H2,1H3,(H2,33,39). The Morgan fingerprint density at radius 3 is 2.52 bits per heavy atom. The fourth-order valence-corrected chi connectivity index (χ4v) is 5.84. The van der Waals surface area contributed by atoms with Crippen molar-refractivity contribution in [3.05, 3.63) is 79.0 Å². The van der Waals surface area contributed by atoms with Gasteiger partial charge in [-0.15, -0.1) is 11.3 Å². The van der Waals surface area contributed by atoms with E-state index in [0.29, 0.717) is 41.9 Å². The summed E-state index contributed by atoms with van der Waals surface area (Å²) in [5, 5.41) is 0. The molecule has 13 heteroatoms. The number of halogens is 1. The molecule has 1 saturated heterocycles. The molecule has 224 valence electrons. The van der Waals surface area contributed by atoms with Crippen LogP contribution in [0, 0.1) is 5.82 Å². The van der Waals surface area contributed by atoms with Crippen LogP contribution in [0.1, 0.15) is 6.42 Å². The normalized spacial score (nSPS) is 13.1. The first-order chi connectivity index (χ1) is 21.4. The lowest BCUT2D eigenvalue weighted by molar-refractivity contribution is -0.125. The SMILES string of the molecule is COc1ccccc1N(C(=O)CC(N)=O)c1ccc(Oc2ccnc3cc(-c4cnc(N5CCOCC5)nc4)sc23)c(F)c1. The zero-order chi connectivity index (χ0) is 30.6. The van der Waals surface area contributed by atoms with Gasteiger partial charge in [-0.25, -0.2) is 14.4 Å². The van der Waals surface area contributed by atoms with E-state index in [1.54, 1.807) is 48.9 Å². The molecule has 0 aliphatic carbocycles. The largest absolute Gasteiger partial charge is 0.495 e. The molecule has 0 bridgehead atoms. The number of para-hydroxylation sites is 2. The summed E-state index contributed by atoms with van der Waals surface area (Å²) in [5.74, 6) is -0.805. The molecule has 0 saturated carbocycles. The van der Waals surface area contributed by atoms with Gasteiger partial charge in [0.25, 0.3) is 0 Å². The van der Waals surface area contributed by atoms with E-state index in [9.17, 15) is 9.59 Å². The predicted molar refractivity (Wildman–Crippen MR) is 164 cm³/mol. The molecule has 3 aromatic heterocycles. The minimum Gasteiger partial charge on any atom is -0.495 e. The molecule has 5 aromatic rings. The Morgan fingerprint density at radius 1 is 1.02 bits per heavy atom. The molecule has 0 radical (unpaired) electrons. The topological polar surface area (TPSA) is 133 Å². The Labute approximate surface area is 255 Å². The number of carbonyl (C=O) groups is 2. The van der Waals surface area contributed by atoms with Gasteiger partial charge in [0, 0.05) is 54.3 Å². The van der Waals surface area contributed by atoms with Crippen LogP contribution < -0.4 is 25.0 Å². The molecule has 44 heavy (non-hydrogen) atoms. The van der Waals surface area contributed by atoms with E-state index in [4.69, 9.17) is 19.9 Å². The van der Waals surface area contributed by atoms with Gasteiger partial charge in [0.2, 0.25) is 17.8 Å². The van der Waals surface area contributed by atoms with Crippen molar-refractivity contribution in [2.24, 2.45) is 5.73 Å². The second kappa shape index (κ2) is 12.6. The summed E-state index contributed by atoms with van der Waals surface area (Å²) in [6.07, 6.45) is 4.56. The first-order valence-electron chi connectivity index (χ1n) is 13.7. The van der Waals surface area contributed by atoms with Crippen molar-refractivity contribution < 1.29 is 28.2 Å². The molecular weight excluding hydrogens is 587 g/mol. The number of primary amides is 1. The van der Waals surface area contributed by atoms with Gasteiger partial charge in [-0.1, -0.05) is 12.1 Å². The average Bonchev–Trinajstić information content (AvgIpc) is 3.48. The molecule has 11 nitrogen and oxygen atoms in total. The number of fused-ring (bicyclic) bond motifs is 1. The summed E-state index contributed by atoms with van der Waals surface area (Å²) in [4.78, 5) is 42.3. The molecule has 0 unspecified atom stereocenters. The molecule has 0 atom stereocenters. The van der Waals surface area contributed by atoms with Gasteiger partial charge < -0.3 is 24.8 Å². The Kier molecular flexibility index (Phi) is 8.30. The number of hydrogen-bond donors (Lipinski definition) is 1. The van der Waals surface area contributed by atoms with Crippen LogP contribution in [0.4, 0.5) is 21.7 Å². The monoisotopic (exact) mass is 614 g/mol. The van der Waals surface area contributed by atoms with Crippen molar-refractivity contribution in [3.8, 4) is 27.7 Å². The van der Waals surface area contributed by atoms with Gasteiger partial charge in [0.05, 0.1) is 41.9 Å². The van der Waals surface area contributed by atoms with Crippen molar-refractivity contribution >= 4 is 50.7 Å². The fourth-order valence-electron chi connectivity index (χ4n) is 4.80. The number of carbonyl (C=O) groups excluding carboxylic acids is 2. The highest BCUT2D eigenvalue weighted by molar-refractivity contribution is 7.22. The summed E-state index contributed by atoms with van der Waals surface area (Å²) >= 11 is 1.43. The van der Waals surface area contributed by atoms with E-state index in [0.717, 1.165) is 34.3 Å². The minimum absolute atomic E-state index is 0.0586. The molecule has 6 rings (SSSR count). The number of thiophene rings is 1. The van der Waals surface area contributed by atoms with E-state index in [-0.39, 0.29) is 11.4 Å². The van der Waals surface area contributed by atoms with Gasteiger partial charge in [0.1, 0.15) is 17.9 Å². The number of pyridine rings is 1. The van der Waals surface area contributed by atoms with E-state index in [2.05, 4.69) is 19.9 Å². The van der Waals surface area contributed by atoms with Gasteiger partial charge in [0.15, 0.2) is 11.6 Å². The van der Waals surface area contributed by atoms with Gasteiger partial charge >= 0.3 is 0 Å². The molecule has 1 aliphatic rings. The Bertz CT molecular complexity index is 1830. The maximum Gasteiger partial charge on any atom is 0.241 e. The van der Waals surface area contributed by atoms with Crippen LogP contribution in [0.25, 0.3) is 20.7 Å². The van der Waals surface area contributed by atoms with Crippen molar-refractivity contribution in [3.63, 3.8) is 0 Å². The summed E-state index contributed by atoms with van der Waals surface area (Å²) < 4.78 is 33.1. The van der Waals surface area contributed by atoms with Gasteiger partial charge in [-0.05, 0) is 30.3 Å². The number of nitrogens with zero attached hydrogens (tertiary/aromatic N) is 5. The number of ether oxygens (including phenoxy) is 3. The van der Waals surface area contributed by atoms with Crippen LogP contribution in [0.2, 0.25) is 0 Å². The fraction of sp³-hybridized carbons (Fsp3) is 0.194. The minimum atomic E-state index is -0.813. The maximum atomic E-state index is 15.6. The number of nitrogens with two attached hydrogens (primary N) is 1. The Balaban J connectivity index is 1.28. The molecule has 1 aliphatic heterocycles. The van der Waals surface area contributed by atoms with Crippen LogP contribution in [-0.4, -0.2) is 60.2 Å². The third-order valence-corrected chi connectivity index (χ3v) is 8.07. The quantitative estimate of drug-likeness (QED) is 0.226. The second-order valence-electron chi connectivity index (χ2n) is 9.77. The number of benzene rings is 2. The highest BCUT2D eigenvalue weighted by Gasteiger charge is 2.24. The summed E-state index contributed by atoms with van der Waals surface area (Å²) in [6.45, 7) is 2.78. The van der Waals surface area contributed by atoms with E-state index in [1.165, 1.54) is 35.5 Å². The number of morpholine rings is 1. The first kappa shape index (κ1) is 29.0. The summed E-state index contributed by atoms with van der Waals surface area (Å²) in [5.41, 5.74) is 7.29. The van der Waals surface area contributed by atoms with E-state index < -0.39 is 24.1 Å². The summed E-state index contributed by atoms with van der Waals surface area (Å²) in [7, 11) is 1.45. The third-order valence-electron chi connectivity index (χ3n) is 6.89.